The van der Waals surface area contributed by atoms with Crippen molar-refractivity contribution >= 4 is 5.91 Å². The average Bonchev–Trinajstić information content (AvgIpc) is 2.98. The van der Waals surface area contributed by atoms with Crippen LogP contribution >= 0.6 is 0 Å². The average molecular weight is 343 g/mol. The second-order valence-electron chi connectivity index (χ2n) is 6.75. The fourth-order valence-corrected chi connectivity index (χ4v) is 3.47. The number of carbonyl (C=O) groups is 1. The van der Waals surface area contributed by atoms with Gasteiger partial charge in [0.15, 0.2) is 0 Å². The van der Waals surface area contributed by atoms with E-state index in [1.54, 1.807) is 35.1 Å². The van der Waals surface area contributed by atoms with Gasteiger partial charge in [-0.15, -0.1) is 0 Å². The molecule has 2 fully saturated rings. The molecule has 2 aliphatic rings. The first-order valence-electron chi connectivity index (χ1n) is 8.42. The zero-order chi connectivity index (χ0) is 17.4. The summed E-state index contributed by atoms with van der Waals surface area (Å²) in [6.45, 7) is 3.68. The van der Waals surface area contributed by atoms with Crippen molar-refractivity contribution in [3.05, 3.63) is 35.9 Å². The maximum atomic E-state index is 12.5. The van der Waals surface area contributed by atoms with Crippen molar-refractivity contribution in [1.29, 1.82) is 0 Å². The number of hydrogen-bond donors (Lipinski definition) is 0. The molecule has 0 radical (unpaired) electrons. The molecule has 0 N–H and O–H groups in total. The van der Waals surface area contributed by atoms with Gasteiger partial charge in [-0.2, -0.15) is 5.10 Å². The Morgan fingerprint density at radius 3 is 2.92 bits per heavy atom. The third kappa shape index (κ3) is 3.09. The molecule has 0 bridgehead atoms. The molecule has 2 aromatic rings. The molecule has 8 heteroatoms. The Hall–Kier alpha value is -2.48. The van der Waals surface area contributed by atoms with Gasteiger partial charge in [-0.05, 0) is 19.1 Å². The summed E-state index contributed by atoms with van der Waals surface area (Å²) in [5.74, 6) is -0.0146. The summed E-state index contributed by atoms with van der Waals surface area (Å²) in [5, 5.41) is 4.05. The van der Waals surface area contributed by atoms with Crippen molar-refractivity contribution in [2.24, 2.45) is 7.05 Å². The summed E-state index contributed by atoms with van der Waals surface area (Å²) in [6.07, 6.45) is 4.87. The van der Waals surface area contributed by atoms with Gasteiger partial charge >= 0.3 is 6.01 Å². The van der Waals surface area contributed by atoms with Gasteiger partial charge in [0, 0.05) is 38.0 Å². The molecular weight excluding hydrogens is 322 g/mol. The predicted molar refractivity (Wildman–Crippen MR) is 88.2 cm³/mol. The summed E-state index contributed by atoms with van der Waals surface area (Å²) in [4.78, 5) is 22.8. The standard InChI is InChI=1S/C17H21N5O3/c1-12-3-6-18-16(20-12)25-13-5-8-24-17(9-13)10-22(11-17)15(23)14-4-7-19-21(14)2/h3-4,6-7,13H,5,8-11H2,1-2H3/t13-/m0/s1. The van der Waals surface area contributed by atoms with E-state index in [9.17, 15) is 4.79 Å². The molecule has 132 valence electrons. The second kappa shape index (κ2) is 6.11. The Balaban J connectivity index is 1.38. The molecule has 0 saturated carbocycles. The lowest BCUT2D eigenvalue weighted by Gasteiger charge is -2.52. The minimum Gasteiger partial charge on any atom is -0.460 e. The zero-order valence-corrected chi connectivity index (χ0v) is 14.4. The van der Waals surface area contributed by atoms with Crippen molar-refractivity contribution in [2.45, 2.75) is 31.5 Å². The minimum absolute atomic E-state index is 0.00417. The van der Waals surface area contributed by atoms with Crippen LogP contribution in [-0.4, -0.2) is 62.0 Å². The normalized spacial score (nSPS) is 21.8. The highest BCUT2D eigenvalue weighted by molar-refractivity contribution is 5.93. The van der Waals surface area contributed by atoms with Crippen LogP contribution in [-0.2, 0) is 11.8 Å². The molecule has 0 aliphatic carbocycles. The van der Waals surface area contributed by atoms with Crippen molar-refractivity contribution < 1.29 is 14.3 Å². The fourth-order valence-electron chi connectivity index (χ4n) is 3.47. The minimum atomic E-state index is -0.318. The van der Waals surface area contributed by atoms with Crippen LogP contribution in [0.15, 0.2) is 24.5 Å². The monoisotopic (exact) mass is 343 g/mol. The number of likely N-dealkylation sites (tertiary alicyclic amines) is 1. The van der Waals surface area contributed by atoms with Gasteiger partial charge in [-0.3, -0.25) is 9.48 Å². The summed E-state index contributed by atoms with van der Waals surface area (Å²) >= 11 is 0. The van der Waals surface area contributed by atoms with E-state index in [1.807, 2.05) is 13.0 Å². The first kappa shape index (κ1) is 16.0. The SMILES string of the molecule is Cc1ccnc(O[C@H]2CCOC3(C2)CN(C(=O)c2ccnn2C)C3)n1. The highest BCUT2D eigenvalue weighted by Crippen LogP contribution is 2.36. The van der Waals surface area contributed by atoms with Gasteiger partial charge in [0.25, 0.3) is 5.91 Å². The maximum Gasteiger partial charge on any atom is 0.316 e. The van der Waals surface area contributed by atoms with Gasteiger partial charge in [0.2, 0.25) is 0 Å². The number of carbonyl (C=O) groups excluding carboxylic acids is 1. The molecule has 0 unspecified atom stereocenters. The first-order chi connectivity index (χ1) is 12.0. The Morgan fingerprint density at radius 1 is 1.36 bits per heavy atom. The Bertz CT molecular complexity index is 784. The smallest absolute Gasteiger partial charge is 0.316 e. The summed E-state index contributed by atoms with van der Waals surface area (Å²) in [7, 11) is 1.77. The quantitative estimate of drug-likeness (QED) is 0.826. The molecule has 0 aromatic carbocycles. The van der Waals surface area contributed by atoms with E-state index in [1.165, 1.54) is 0 Å². The van der Waals surface area contributed by atoms with Gasteiger partial charge in [-0.25, -0.2) is 9.97 Å². The van der Waals surface area contributed by atoms with E-state index in [0.29, 0.717) is 31.4 Å². The number of aryl methyl sites for hydroxylation is 2. The number of amides is 1. The molecule has 4 rings (SSSR count). The summed E-state index contributed by atoms with van der Waals surface area (Å²) < 4.78 is 13.5. The maximum absolute atomic E-state index is 12.5. The lowest BCUT2D eigenvalue weighted by atomic mass is 9.84. The predicted octanol–water partition coefficient (Wildman–Crippen LogP) is 0.971. The zero-order valence-electron chi connectivity index (χ0n) is 14.4. The molecule has 1 amide bonds. The van der Waals surface area contributed by atoms with E-state index >= 15 is 0 Å². The number of aromatic nitrogens is 4. The molecule has 4 heterocycles. The molecule has 1 spiro atoms. The Kier molecular flexibility index (Phi) is 3.91. The lowest BCUT2D eigenvalue weighted by molar-refractivity contribution is -0.174. The molecule has 2 saturated heterocycles. The van der Waals surface area contributed by atoms with E-state index in [0.717, 1.165) is 18.5 Å². The van der Waals surface area contributed by atoms with Crippen LogP contribution in [0.25, 0.3) is 0 Å². The largest absolute Gasteiger partial charge is 0.460 e. The molecule has 1 atom stereocenters. The van der Waals surface area contributed by atoms with E-state index in [-0.39, 0.29) is 17.6 Å². The number of ether oxygens (including phenoxy) is 2. The molecule has 25 heavy (non-hydrogen) atoms. The van der Waals surface area contributed by atoms with Gasteiger partial charge in [0.05, 0.1) is 19.7 Å². The molecule has 2 aliphatic heterocycles. The topological polar surface area (TPSA) is 82.4 Å². The van der Waals surface area contributed by atoms with Crippen LogP contribution in [0.3, 0.4) is 0 Å². The van der Waals surface area contributed by atoms with E-state index < -0.39 is 0 Å². The molecular formula is C17H21N5O3. The number of rotatable bonds is 3. The van der Waals surface area contributed by atoms with Crippen LogP contribution < -0.4 is 4.74 Å². The summed E-state index contributed by atoms with van der Waals surface area (Å²) in [6, 6.07) is 3.98. The molecule has 2 aromatic heterocycles. The van der Waals surface area contributed by atoms with Crippen LogP contribution in [0.1, 0.15) is 29.0 Å². The summed E-state index contributed by atoms with van der Waals surface area (Å²) in [5.41, 5.74) is 1.15. The van der Waals surface area contributed by atoms with Crippen LogP contribution in [0.5, 0.6) is 6.01 Å². The number of hydrogen-bond acceptors (Lipinski definition) is 6. The van der Waals surface area contributed by atoms with Crippen molar-refractivity contribution in [3.63, 3.8) is 0 Å². The van der Waals surface area contributed by atoms with Crippen molar-refractivity contribution in [3.8, 4) is 6.01 Å². The third-order valence-electron chi connectivity index (χ3n) is 4.78. The van der Waals surface area contributed by atoms with Gasteiger partial charge in [-0.1, -0.05) is 0 Å². The molecule has 8 nitrogen and oxygen atoms in total. The van der Waals surface area contributed by atoms with Crippen molar-refractivity contribution in [1.82, 2.24) is 24.6 Å². The lowest BCUT2D eigenvalue weighted by Crippen LogP contribution is -2.67. The number of nitrogens with zero attached hydrogens (tertiary/aromatic N) is 5. The van der Waals surface area contributed by atoms with Gasteiger partial charge in [0.1, 0.15) is 17.4 Å². The second-order valence-corrected chi connectivity index (χ2v) is 6.75. The van der Waals surface area contributed by atoms with Crippen LogP contribution in [0.2, 0.25) is 0 Å². The Labute approximate surface area is 145 Å². The van der Waals surface area contributed by atoms with Crippen LogP contribution in [0, 0.1) is 6.92 Å². The first-order valence-corrected chi connectivity index (χ1v) is 8.42. The fraction of sp³-hybridized carbons (Fsp3) is 0.529. The van der Waals surface area contributed by atoms with E-state index in [4.69, 9.17) is 9.47 Å². The van der Waals surface area contributed by atoms with Crippen LogP contribution in [0.4, 0.5) is 0 Å². The van der Waals surface area contributed by atoms with Crippen molar-refractivity contribution in [2.75, 3.05) is 19.7 Å². The van der Waals surface area contributed by atoms with E-state index in [2.05, 4.69) is 15.1 Å². The van der Waals surface area contributed by atoms with Gasteiger partial charge < -0.3 is 14.4 Å². The highest BCUT2D eigenvalue weighted by Gasteiger charge is 2.50. The third-order valence-corrected chi connectivity index (χ3v) is 4.78. The highest BCUT2D eigenvalue weighted by atomic mass is 16.5. The Morgan fingerprint density at radius 2 is 2.20 bits per heavy atom.